The molecule has 1 saturated carbocycles. The van der Waals surface area contributed by atoms with Crippen LogP contribution < -0.4 is 5.32 Å². The molecule has 0 aliphatic heterocycles. The van der Waals surface area contributed by atoms with Crippen molar-refractivity contribution >= 4 is 0 Å². The third-order valence-corrected chi connectivity index (χ3v) is 4.53. The number of rotatable bonds is 2. The van der Waals surface area contributed by atoms with Crippen LogP contribution in [0.25, 0.3) is 0 Å². The zero-order valence-corrected chi connectivity index (χ0v) is 10.1. The summed E-state index contributed by atoms with van der Waals surface area (Å²) in [6, 6.07) is 9.07. The zero-order chi connectivity index (χ0) is 11.0. The van der Waals surface area contributed by atoms with E-state index < -0.39 is 0 Å². The van der Waals surface area contributed by atoms with E-state index in [1.165, 1.54) is 32.1 Å². The SMILES string of the molecule is CCNC12CCCCC1Cc1ccccc12. The normalized spacial score (nSPS) is 32.2. The molecule has 0 radical (unpaired) electrons. The highest BCUT2D eigenvalue weighted by atomic mass is 15.0. The van der Waals surface area contributed by atoms with Gasteiger partial charge in [0.1, 0.15) is 0 Å². The molecule has 2 aliphatic rings. The average Bonchev–Trinajstić information content (AvgIpc) is 2.64. The van der Waals surface area contributed by atoms with Gasteiger partial charge in [-0.05, 0) is 42.9 Å². The van der Waals surface area contributed by atoms with Crippen molar-refractivity contribution in [2.75, 3.05) is 6.54 Å². The minimum absolute atomic E-state index is 0.323. The molecule has 1 heteroatoms. The van der Waals surface area contributed by atoms with Gasteiger partial charge in [0.2, 0.25) is 0 Å². The Bertz CT molecular complexity index is 381. The van der Waals surface area contributed by atoms with E-state index in [-0.39, 0.29) is 0 Å². The van der Waals surface area contributed by atoms with Gasteiger partial charge in [-0.25, -0.2) is 0 Å². The Balaban J connectivity index is 2.06. The zero-order valence-electron chi connectivity index (χ0n) is 10.1. The maximum Gasteiger partial charge on any atom is 0.0469 e. The molecular weight excluding hydrogens is 194 g/mol. The molecule has 0 heterocycles. The van der Waals surface area contributed by atoms with E-state index in [9.17, 15) is 0 Å². The van der Waals surface area contributed by atoms with Crippen LogP contribution in [0, 0.1) is 5.92 Å². The van der Waals surface area contributed by atoms with E-state index >= 15 is 0 Å². The Labute approximate surface area is 98.3 Å². The van der Waals surface area contributed by atoms with Crippen LogP contribution in [-0.2, 0) is 12.0 Å². The highest BCUT2D eigenvalue weighted by Crippen LogP contribution is 2.49. The fourth-order valence-electron chi connectivity index (χ4n) is 3.92. The van der Waals surface area contributed by atoms with E-state index in [0.29, 0.717) is 5.54 Å². The first-order chi connectivity index (χ1) is 7.87. The van der Waals surface area contributed by atoms with Gasteiger partial charge < -0.3 is 5.32 Å². The Morgan fingerprint density at radius 2 is 2.19 bits per heavy atom. The average molecular weight is 215 g/mol. The van der Waals surface area contributed by atoms with Crippen LogP contribution in [-0.4, -0.2) is 6.54 Å². The third-order valence-electron chi connectivity index (χ3n) is 4.53. The van der Waals surface area contributed by atoms with Crippen molar-refractivity contribution in [2.24, 2.45) is 5.92 Å². The quantitative estimate of drug-likeness (QED) is 0.798. The lowest BCUT2D eigenvalue weighted by atomic mass is 9.73. The molecule has 2 unspecified atom stereocenters. The monoisotopic (exact) mass is 215 g/mol. The van der Waals surface area contributed by atoms with Gasteiger partial charge in [-0.1, -0.05) is 44.0 Å². The van der Waals surface area contributed by atoms with Crippen molar-refractivity contribution in [2.45, 2.75) is 44.6 Å². The van der Waals surface area contributed by atoms with E-state index in [4.69, 9.17) is 0 Å². The van der Waals surface area contributed by atoms with Crippen molar-refractivity contribution in [3.8, 4) is 0 Å². The summed E-state index contributed by atoms with van der Waals surface area (Å²) in [6.07, 6.45) is 6.84. The summed E-state index contributed by atoms with van der Waals surface area (Å²) in [5.74, 6) is 0.846. The highest BCUT2D eigenvalue weighted by molar-refractivity contribution is 5.40. The maximum absolute atomic E-state index is 3.82. The largest absolute Gasteiger partial charge is 0.307 e. The summed E-state index contributed by atoms with van der Waals surface area (Å²) >= 11 is 0. The van der Waals surface area contributed by atoms with E-state index in [1.807, 2.05) is 0 Å². The van der Waals surface area contributed by atoms with Crippen molar-refractivity contribution in [3.05, 3.63) is 35.4 Å². The molecule has 0 spiro atoms. The minimum Gasteiger partial charge on any atom is -0.307 e. The third kappa shape index (κ3) is 1.34. The van der Waals surface area contributed by atoms with Gasteiger partial charge in [-0.3, -0.25) is 0 Å². The van der Waals surface area contributed by atoms with Crippen LogP contribution in [0.5, 0.6) is 0 Å². The first-order valence-electron chi connectivity index (χ1n) is 6.70. The fourth-order valence-corrected chi connectivity index (χ4v) is 3.92. The van der Waals surface area contributed by atoms with Crippen LogP contribution in [0.4, 0.5) is 0 Å². The van der Waals surface area contributed by atoms with Crippen LogP contribution in [0.15, 0.2) is 24.3 Å². The molecule has 1 nitrogen and oxygen atoms in total. The van der Waals surface area contributed by atoms with Crippen molar-refractivity contribution in [1.29, 1.82) is 0 Å². The van der Waals surface area contributed by atoms with Crippen molar-refractivity contribution in [3.63, 3.8) is 0 Å². The minimum atomic E-state index is 0.323. The van der Waals surface area contributed by atoms with E-state index in [0.717, 1.165) is 12.5 Å². The molecular formula is C15H21N. The van der Waals surface area contributed by atoms with Crippen LogP contribution in [0.1, 0.15) is 43.7 Å². The van der Waals surface area contributed by atoms with Crippen molar-refractivity contribution in [1.82, 2.24) is 5.32 Å². The highest BCUT2D eigenvalue weighted by Gasteiger charge is 2.46. The Morgan fingerprint density at radius 3 is 3.06 bits per heavy atom. The molecule has 1 fully saturated rings. The predicted octanol–water partition coefficient (Wildman–Crippen LogP) is 3.24. The molecule has 1 aromatic rings. The van der Waals surface area contributed by atoms with Gasteiger partial charge in [0.15, 0.2) is 0 Å². The van der Waals surface area contributed by atoms with Crippen molar-refractivity contribution < 1.29 is 0 Å². The second-order valence-electron chi connectivity index (χ2n) is 5.31. The lowest BCUT2D eigenvalue weighted by Crippen LogP contribution is -2.47. The van der Waals surface area contributed by atoms with Gasteiger partial charge in [-0.15, -0.1) is 0 Å². The van der Waals surface area contributed by atoms with Gasteiger partial charge in [0.05, 0.1) is 0 Å². The maximum atomic E-state index is 3.82. The second-order valence-corrected chi connectivity index (χ2v) is 5.31. The summed E-state index contributed by atoms with van der Waals surface area (Å²) in [5, 5.41) is 3.82. The standard InChI is InChI=1S/C15H21N/c1-2-16-15-10-6-5-8-13(15)11-12-7-3-4-9-14(12)15/h3-4,7,9,13,16H,2,5-6,8,10-11H2,1H3. The Kier molecular flexibility index (Phi) is 2.51. The van der Waals surface area contributed by atoms with Gasteiger partial charge >= 0.3 is 0 Å². The number of hydrogen-bond acceptors (Lipinski definition) is 1. The molecule has 86 valence electrons. The summed E-state index contributed by atoms with van der Waals surface area (Å²) in [6.45, 7) is 3.33. The first kappa shape index (κ1) is 10.3. The molecule has 0 bridgehead atoms. The van der Waals surface area contributed by atoms with Gasteiger partial charge in [0, 0.05) is 5.54 Å². The van der Waals surface area contributed by atoms with Crippen LogP contribution in [0.2, 0.25) is 0 Å². The first-order valence-corrected chi connectivity index (χ1v) is 6.70. The molecule has 3 rings (SSSR count). The summed E-state index contributed by atoms with van der Waals surface area (Å²) in [7, 11) is 0. The number of nitrogens with one attached hydrogen (secondary N) is 1. The summed E-state index contributed by atoms with van der Waals surface area (Å²) in [4.78, 5) is 0. The predicted molar refractivity (Wildman–Crippen MR) is 67.5 cm³/mol. The molecule has 0 saturated heterocycles. The molecule has 2 aliphatic carbocycles. The van der Waals surface area contributed by atoms with E-state index in [2.05, 4.69) is 36.5 Å². The van der Waals surface area contributed by atoms with Gasteiger partial charge in [-0.2, -0.15) is 0 Å². The summed E-state index contributed by atoms with van der Waals surface area (Å²) in [5.41, 5.74) is 3.51. The molecule has 0 amide bonds. The van der Waals surface area contributed by atoms with Crippen LogP contribution >= 0.6 is 0 Å². The Morgan fingerprint density at radius 1 is 1.31 bits per heavy atom. The van der Waals surface area contributed by atoms with Crippen LogP contribution in [0.3, 0.4) is 0 Å². The summed E-state index contributed by atoms with van der Waals surface area (Å²) < 4.78 is 0. The molecule has 1 N–H and O–H groups in total. The van der Waals surface area contributed by atoms with Gasteiger partial charge in [0.25, 0.3) is 0 Å². The number of fused-ring (bicyclic) bond motifs is 3. The second kappa shape index (κ2) is 3.89. The van der Waals surface area contributed by atoms with E-state index in [1.54, 1.807) is 11.1 Å². The topological polar surface area (TPSA) is 12.0 Å². The lowest BCUT2D eigenvalue weighted by Gasteiger charge is -2.41. The number of benzene rings is 1. The molecule has 0 aromatic heterocycles. The number of hydrogen-bond donors (Lipinski definition) is 1. The smallest absolute Gasteiger partial charge is 0.0469 e. The molecule has 16 heavy (non-hydrogen) atoms. The lowest BCUT2D eigenvalue weighted by molar-refractivity contribution is 0.162. The molecule has 2 atom stereocenters. The Hall–Kier alpha value is -0.820. The molecule has 1 aromatic carbocycles. The fraction of sp³-hybridized carbons (Fsp3) is 0.600.